The van der Waals surface area contributed by atoms with Gasteiger partial charge in [0.1, 0.15) is 5.75 Å². The van der Waals surface area contributed by atoms with Gasteiger partial charge in [-0.15, -0.1) is 11.8 Å². The molecule has 0 fully saturated rings. The van der Waals surface area contributed by atoms with Gasteiger partial charge in [0, 0.05) is 5.75 Å². The zero-order valence-corrected chi connectivity index (χ0v) is 14.0. The van der Waals surface area contributed by atoms with Crippen molar-refractivity contribution in [3.05, 3.63) is 65.7 Å². The van der Waals surface area contributed by atoms with Gasteiger partial charge in [-0.05, 0) is 42.3 Å². The minimum atomic E-state index is -0.164. The van der Waals surface area contributed by atoms with E-state index in [0.717, 1.165) is 17.1 Å². The second kappa shape index (κ2) is 9.00. The third-order valence-corrected chi connectivity index (χ3v) is 4.43. The van der Waals surface area contributed by atoms with Crippen LogP contribution in [0.1, 0.15) is 18.1 Å². The Kier molecular flexibility index (Phi) is 6.69. The molecule has 0 spiro atoms. The third-order valence-electron chi connectivity index (χ3n) is 3.22. The van der Waals surface area contributed by atoms with Gasteiger partial charge in [0.25, 0.3) is 5.91 Å². The predicted octanol–water partition coefficient (Wildman–Crippen LogP) is 3.47. The van der Waals surface area contributed by atoms with Crippen LogP contribution in [0.15, 0.2) is 59.7 Å². The van der Waals surface area contributed by atoms with Crippen LogP contribution in [0, 0.1) is 0 Å². The van der Waals surface area contributed by atoms with E-state index in [2.05, 4.69) is 22.7 Å². The summed E-state index contributed by atoms with van der Waals surface area (Å²) in [6, 6.07) is 17.5. The van der Waals surface area contributed by atoms with E-state index in [1.165, 1.54) is 5.56 Å². The molecule has 0 bridgehead atoms. The Balaban J connectivity index is 1.77. The number of nitrogens with one attached hydrogen (secondary N) is 1. The summed E-state index contributed by atoms with van der Waals surface area (Å²) in [5, 5.41) is 3.83. The molecule has 23 heavy (non-hydrogen) atoms. The number of hydrogen-bond donors (Lipinski definition) is 1. The highest BCUT2D eigenvalue weighted by Gasteiger charge is 2.12. The van der Waals surface area contributed by atoms with E-state index >= 15 is 0 Å². The number of amides is 1. The fourth-order valence-corrected chi connectivity index (χ4v) is 2.66. The maximum atomic E-state index is 12.0. The molecule has 0 aromatic heterocycles. The van der Waals surface area contributed by atoms with Gasteiger partial charge in [-0.2, -0.15) is 5.10 Å². The van der Waals surface area contributed by atoms with Crippen molar-refractivity contribution in [1.82, 2.24) is 5.43 Å². The van der Waals surface area contributed by atoms with E-state index in [0.29, 0.717) is 0 Å². The molecule has 1 atom stereocenters. The van der Waals surface area contributed by atoms with E-state index in [1.54, 1.807) is 25.1 Å². The molecule has 120 valence electrons. The Bertz CT molecular complexity index is 642. The smallest absolute Gasteiger partial charge is 0.252 e. The SMILES string of the molecule is COc1ccc(/C=N\NC(=O)[C@H](C)SCc2ccccc2)cc1. The molecule has 4 nitrogen and oxygen atoms in total. The minimum Gasteiger partial charge on any atom is -0.497 e. The lowest BCUT2D eigenvalue weighted by molar-refractivity contribution is -0.120. The van der Waals surface area contributed by atoms with Gasteiger partial charge >= 0.3 is 0 Å². The molecule has 0 heterocycles. The Morgan fingerprint density at radius 1 is 1.22 bits per heavy atom. The molecule has 0 aliphatic heterocycles. The topological polar surface area (TPSA) is 50.7 Å². The highest BCUT2D eigenvalue weighted by atomic mass is 32.2. The molecule has 1 N–H and O–H groups in total. The summed E-state index contributed by atoms with van der Waals surface area (Å²) < 4.78 is 5.09. The van der Waals surface area contributed by atoms with Crippen LogP contribution in [0.2, 0.25) is 0 Å². The molecule has 2 aromatic rings. The molecule has 5 heteroatoms. The average molecular weight is 328 g/mol. The summed E-state index contributed by atoms with van der Waals surface area (Å²) in [6.07, 6.45) is 1.62. The van der Waals surface area contributed by atoms with Gasteiger partial charge in [-0.1, -0.05) is 30.3 Å². The van der Waals surface area contributed by atoms with Crippen LogP contribution in [-0.2, 0) is 10.5 Å². The summed E-state index contributed by atoms with van der Waals surface area (Å²) >= 11 is 1.59. The van der Waals surface area contributed by atoms with Crippen LogP contribution in [0.5, 0.6) is 5.75 Å². The van der Waals surface area contributed by atoms with Crippen molar-refractivity contribution in [2.24, 2.45) is 5.10 Å². The van der Waals surface area contributed by atoms with E-state index in [1.807, 2.05) is 49.4 Å². The van der Waals surface area contributed by atoms with Crippen LogP contribution < -0.4 is 10.2 Å². The van der Waals surface area contributed by atoms with Gasteiger partial charge in [-0.3, -0.25) is 4.79 Å². The number of methoxy groups -OCH3 is 1. The Morgan fingerprint density at radius 3 is 2.57 bits per heavy atom. The quantitative estimate of drug-likeness (QED) is 0.625. The van der Waals surface area contributed by atoms with E-state index in [-0.39, 0.29) is 11.2 Å². The van der Waals surface area contributed by atoms with E-state index in [9.17, 15) is 4.79 Å². The largest absolute Gasteiger partial charge is 0.497 e. The number of thioether (sulfide) groups is 1. The highest BCUT2D eigenvalue weighted by molar-refractivity contribution is 7.99. The van der Waals surface area contributed by atoms with Crippen molar-refractivity contribution in [1.29, 1.82) is 0 Å². The number of nitrogens with zero attached hydrogens (tertiary/aromatic N) is 1. The normalized spacial score (nSPS) is 12.1. The van der Waals surface area contributed by atoms with E-state index in [4.69, 9.17) is 4.74 Å². The van der Waals surface area contributed by atoms with Crippen LogP contribution in [0.25, 0.3) is 0 Å². The fraction of sp³-hybridized carbons (Fsp3) is 0.222. The number of hydrogen-bond acceptors (Lipinski definition) is 4. The van der Waals surface area contributed by atoms with Crippen molar-refractivity contribution < 1.29 is 9.53 Å². The maximum absolute atomic E-state index is 12.0. The van der Waals surface area contributed by atoms with Crippen LogP contribution >= 0.6 is 11.8 Å². The summed E-state index contributed by atoms with van der Waals surface area (Å²) in [7, 11) is 1.62. The van der Waals surface area contributed by atoms with Gasteiger partial charge in [0.05, 0.1) is 18.6 Å². The second-order valence-corrected chi connectivity index (χ2v) is 6.28. The van der Waals surface area contributed by atoms with Gasteiger partial charge in [-0.25, -0.2) is 5.43 Å². The van der Waals surface area contributed by atoms with Crippen LogP contribution in [-0.4, -0.2) is 24.5 Å². The molecule has 2 aromatic carbocycles. The Morgan fingerprint density at radius 2 is 1.91 bits per heavy atom. The number of carbonyl (C=O) groups excluding carboxylic acids is 1. The predicted molar refractivity (Wildman–Crippen MR) is 95.9 cm³/mol. The Hall–Kier alpha value is -2.27. The van der Waals surface area contributed by atoms with Crippen molar-refractivity contribution in [2.75, 3.05) is 7.11 Å². The molecule has 0 saturated carbocycles. The number of ether oxygens (including phenoxy) is 1. The Labute approximate surface area is 140 Å². The van der Waals surface area contributed by atoms with Crippen molar-refractivity contribution >= 4 is 23.9 Å². The van der Waals surface area contributed by atoms with Crippen molar-refractivity contribution in [3.8, 4) is 5.75 Å². The zero-order chi connectivity index (χ0) is 16.5. The number of rotatable bonds is 7. The maximum Gasteiger partial charge on any atom is 0.252 e. The molecule has 1 amide bonds. The summed E-state index contributed by atoms with van der Waals surface area (Å²) in [4.78, 5) is 12.0. The monoisotopic (exact) mass is 328 g/mol. The van der Waals surface area contributed by atoms with Crippen molar-refractivity contribution in [3.63, 3.8) is 0 Å². The summed E-state index contributed by atoms with van der Waals surface area (Å²) in [5.74, 6) is 1.49. The lowest BCUT2D eigenvalue weighted by atomic mass is 10.2. The number of benzene rings is 2. The average Bonchev–Trinajstić information content (AvgIpc) is 2.61. The first-order chi connectivity index (χ1) is 11.2. The summed E-state index contributed by atoms with van der Waals surface area (Å²) in [5.41, 5.74) is 4.68. The van der Waals surface area contributed by atoms with Crippen LogP contribution in [0.4, 0.5) is 0 Å². The first-order valence-corrected chi connectivity index (χ1v) is 8.36. The lowest BCUT2D eigenvalue weighted by Gasteiger charge is -2.09. The molecule has 0 radical (unpaired) electrons. The first-order valence-electron chi connectivity index (χ1n) is 7.31. The molecular weight excluding hydrogens is 308 g/mol. The molecule has 2 rings (SSSR count). The zero-order valence-electron chi connectivity index (χ0n) is 13.2. The lowest BCUT2D eigenvalue weighted by Crippen LogP contribution is -2.26. The fourth-order valence-electron chi connectivity index (χ4n) is 1.82. The van der Waals surface area contributed by atoms with Gasteiger partial charge in [0.15, 0.2) is 0 Å². The van der Waals surface area contributed by atoms with Gasteiger partial charge < -0.3 is 4.74 Å². The number of hydrazone groups is 1. The highest BCUT2D eigenvalue weighted by Crippen LogP contribution is 2.17. The van der Waals surface area contributed by atoms with E-state index < -0.39 is 0 Å². The molecule has 0 aliphatic carbocycles. The third kappa shape index (κ3) is 5.79. The second-order valence-electron chi connectivity index (χ2n) is 4.95. The standard InChI is InChI=1S/C18H20N2O2S/c1-14(23-13-16-6-4-3-5-7-16)18(21)20-19-12-15-8-10-17(22-2)11-9-15/h3-12,14H,13H2,1-2H3,(H,20,21)/b19-12-/t14-/m0/s1. The summed E-state index contributed by atoms with van der Waals surface area (Å²) in [6.45, 7) is 1.88. The molecule has 0 saturated heterocycles. The van der Waals surface area contributed by atoms with Crippen molar-refractivity contribution in [2.45, 2.75) is 17.9 Å². The van der Waals surface area contributed by atoms with Crippen LogP contribution in [0.3, 0.4) is 0 Å². The molecule has 0 unspecified atom stereocenters. The number of carbonyl (C=O) groups is 1. The molecule has 0 aliphatic rings. The minimum absolute atomic E-state index is 0.101. The first kappa shape index (κ1) is 17.1. The molecular formula is C18H20N2O2S. The van der Waals surface area contributed by atoms with Gasteiger partial charge in [0.2, 0.25) is 0 Å².